The monoisotopic (exact) mass is 280 g/mol. The van der Waals surface area contributed by atoms with Crippen molar-refractivity contribution in [1.29, 1.82) is 0 Å². The summed E-state index contributed by atoms with van der Waals surface area (Å²) in [5.74, 6) is 0. The Labute approximate surface area is 118 Å². The van der Waals surface area contributed by atoms with Crippen molar-refractivity contribution in [2.45, 2.75) is 13.3 Å². The molecule has 0 amide bonds. The molecule has 0 bridgehead atoms. The van der Waals surface area contributed by atoms with Gasteiger partial charge in [0.05, 0.1) is 23.8 Å². The molecular formula is C13H20N4O3. The maximum atomic E-state index is 11.0. The molecular weight excluding hydrogens is 260 g/mol. The minimum Gasteiger partial charge on any atom is -0.385 e. The zero-order valence-electron chi connectivity index (χ0n) is 11.6. The van der Waals surface area contributed by atoms with Gasteiger partial charge in [-0.05, 0) is 12.5 Å². The topological polar surface area (TPSA) is 79.7 Å². The zero-order valence-corrected chi connectivity index (χ0v) is 11.6. The lowest BCUT2D eigenvalue weighted by Crippen LogP contribution is -2.40. The lowest BCUT2D eigenvalue weighted by Gasteiger charge is -2.28. The van der Waals surface area contributed by atoms with Crippen molar-refractivity contribution in [3.05, 3.63) is 28.3 Å². The van der Waals surface area contributed by atoms with Crippen molar-refractivity contribution < 1.29 is 9.66 Å². The highest BCUT2D eigenvalue weighted by atomic mass is 16.6. The number of anilines is 2. The molecule has 2 rings (SSSR count). The van der Waals surface area contributed by atoms with Crippen molar-refractivity contribution in [2.75, 3.05) is 43.6 Å². The largest absolute Gasteiger partial charge is 0.385 e. The maximum absolute atomic E-state index is 11.0. The Hall–Kier alpha value is -1.86. The summed E-state index contributed by atoms with van der Waals surface area (Å²) in [4.78, 5) is 10.6. The molecule has 0 atom stereocenters. The van der Waals surface area contributed by atoms with Gasteiger partial charge in [-0.3, -0.25) is 10.1 Å². The van der Waals surface area contributed by atoms with E-state index in [0.29, 0.717) is 13.2 Å². The average Bonchev–Trinajstić information content (AvgIpc) is 2.46. The fraction of sp³-hybridized carbons (Fsp3) is 0.538. The highest BCUT2D eigenvalue weighted by molar-refractivity contribution is 5.63. The minimum atomic E-state index is -0.373. The van der Waals surface area contributed by atoms with Crippen LogP contribution in [0, 0.1) is 10.1 Å². The summed E-state index contributed by atoms with van der Waals surface area (Å²) in [6.07, 6.45) is 0.967. The Morgan fingerprint density at radius 1 is 1.30 bits per heavy atom. The van der Waals surface area contributed by atoms with Gasteiger partial charge in [0, 0.05) is 37.5 Å². The van der Waals surface area contributed by atoms with Crippen molar-refractivity contribution in [1.82, 2.24) is 5.01 Å². The molecule has 0 saturated carbocycles. The first kappa shape index (κ1) is 14.5. The van der Waals surface area contributed by atoms with Crippen LogP contribution in [0.5, 0.6) is 0 Å². The number of nitrogens with zero attached hydrogens (tertiary/aromatic N) is 2. The third kappa shape index (κ3) is 4.07. The zero-order chi connectivity index (χ0) is 14.4. The van der Waals surface area contributed by atoms with Crippen LogP contribution in [0.25, 0.3) is 0 Å². The first-order valence-electron chi connectivity index (χ1n) is 6.81. The third-order valence-corrected chi connectivity index (χ3v) is 3.01. The predicted octanol–water partition coefficient (Wildman–Crippen LogP) is 2.08. The summed E-state index contributed by atoms with van der Waals surface area (Å²) in [6.45, 7) is 5.71. The van der Waals surface area contributed by atoms with Crippen molar-refractivity contribution >= 4 is 17.1 Å². The van der Waals surface area contributed by atoms with Gasteiger partial charge in [0.1, 0.15) is 0 Å². The molecule has 1 aliphatic rings. The van der Waals surface area contributed by atoms with Crippen LogP contribution in [0.1, 0.15) is 13.3 Å². The van der Waals surface area contributed by atoms with Gasteiger partial charge in [-0.15, -0.1) is 0 Å². The molecule has 7 nitrogen and oxygen atoms in total. The number of nitro groups is 1. The number of benzene rings is 1. The van der Waals surface area contributed by atoms with Crippen LogP contribution in [0.3, 0.4) is 0 Å². The summed E-state index contributed by atoms with van der Waals surface area (Å²) >= 11 is 0. The fourth-order valence-corrected chi connectivity index (χ4v) is 2.01. The number of hydrogen-bond donors (Lipinski definition) is 2. The van der Waals surface area contributed by atoms with Gasteiger partial charge in [0.15, 0.2) is 0 Å². The van der Waals surface area contributed by atoms with Gasteiger partial charge in [-0.1, -0.05) is 6.92 Å². The molecule has 7 heteroatoms. The number of nitro benzene ring substituents is 1. The van der Waals surface area contributed by atoms with E-state index in [1.807, 2.05) is 11.1 Å². The lowest BCUT2D eigenvalue weighted by atomic mass is 10.2. The molecule has 1 aromatic rings. The summed E-state index contributed by atoms with van der Waals surface area (Å²) < 4.78 is 5.27. The van der Waals surface area contributed by atoms with Gasteiger partial charge in [0.25, 0.3) is 5.69 Å². The van der Waals surface area contributed by atoms with Crippen LogP contribution in [-0.4, -0.2) is 42.8 Å². The molecule has 1 fully saturated rings. The standard InChI is InChI=1S/C13H20N4O3/c1-2-3-14-11-8-12(10-13(9-11)17(18)19)15-16-4-6-20-7-5-16/h8-10,14-15H,2-7H2,1H3. The van der Waals surface area contributed by atoms with Crippen LogP contribution in [0.2, 0.25) is 0 Å². The van der Waals surface area contributed by atoms with Crippen LogP contribution in [0.15, 0.2) is 18.2 Å². The number of non-ortho nitro benzene ring substituents is 1. The highest BCUT2D eigenvalue weighted by Gasteiger charge is 2.13. The van der Waals surface area contributed by atoms with Crippen LogP contribution in [0.4, 0.5) is 17.1 Å². The molecule has 0 unspecified atom stereocenters. The molecule has 20 heavy (non-hydrogen) atoms. The Bertz CT molecular complexity index is 461. The Kier molecular flexibility index (Phi) is 5.14. The van der Waals surface area contributed by atoms with Gasteiger partial charge in [-0.25, -0.2) is 5.01 Å². The molecule has 2 N–H and O–H groups in total. The second-order valence-electron chi connectivity index (χ2n) is 4.66. The molecule has 1 heterocycles. The van der Waals surface area contributed by atoms with E-state index in [2.05, 4.69) is 17.7 Å². The summed E-state index contributed by atoms with van der Waals surface area (Å²) in [6, 6.07) is 4.99. The SMILES string of the molecule is CCCNc1cc(NN2CCOCC2)cc([N+](=O)[O-])c1. The molecule has 110 valence electrons. The molecule has 1 aromatic carbocycles. The quantitative estimate of drug-likeness (QED) is 0.613. The Morgan fingerprint density at radius 3 is 2.65 bits per heavy atom. The van der Waals surface area contributed by atoms with Crippen molar-refractivity contribution in [2.24, 2.45) is 0 Å². The normalized spacial score (nSPS) is 15.8. The van der Waals surface area contributed by atoms with E-state index >= 15 is 0 Å². The van der Waals surface area contributed by atoms with E-state index in [0.717, 1.165) is 37.4 Å². The molecule has 0 aromatic heterocycles. The fourth-order valence-electron chi connectivity index (χ4n) is 2.01. The second-order valence-corrected chi connectivity index (χ2v) is 4.66. The highest BCUT2D eigenvalue weighted by Crippen LogP contribution is 2.25. The third-order valence-electron chi connectivity index (χ3n) is 3.01. The van der Waals surface area contributed by atoms with E-state index in [4.69, 9.17) is 4.74 Å². The number of hydrogen-bond acceptors (Lipinski definition) is 6. The van der Waals surface area contributed by atoms with Crippen LogP contribution >= 0.6 is 0 Å². The smallest absolute Gasteiger partial charge is 0.273 e. The van der Waals surface area contributed by atoms with Crippen molar-refractivity contribution in [3.8, 4) is 0 Å². The maximum Gasteiger partial charge on any atom is 0.273 e. The van der Waals surface area contributed by atoms with E-state index in [9.17, 15) is 10.1 Å². The Morgan fingerprint density at radius 2 is 2.00 bits per heavy atom. The van der Waals surface area contributed by atoms with E-state index < -0.39 is 0 Å². The van der Waals surface area contributed by atoms with Gasteiger partial charge < -0.3 is 15.5 Å². The summed E-state index contributed by atoms with van der Waals surface area (Å²) in [7, 11) is 0. The van der Waals surface area contributed by atoms with E-state index in [-0.39, 0.29) is 10.6 Å². The van der Waals surface area contributed by atoms with Gasteiger partial charge >= 0.3 is 0 Å². The lowest BCUT2D eigenvalue weighted by molar-refractivity contribution is -0.384. The number of hydrazine groups is 1. The van der Waals surface area contributed by atoms with E-state index in [1.165, 1.54) is 0 Å². The van der Waals surface area contributed by atoms with Crippen LogP contribution < -0.4 is 10.7 Å². The molecule has 1 saturated heterocycles. The molecule has 0 aliphatic carbocycles. The molecule has 0 spiro atoms. The minimum absolute atomic E-state index is 0.0851. The molecule has 0 radical (unpaired) electrons. The summed E-state index contributed by atoms with van der Waals surface area (Å²) in [5, 5.41) is 16.2. The number of nitrogens with one attached hydrogen (secondary N) is 2. The summed E-state index contributed by atoms with van der Waals surface area (Å²) in [5.41, 5.74) is 4.77. The van der Waals surface area contributed by atoms with Gasteiger partial charge in [-0.2, -0.15) is 0 Å². The Balaban J connectivity index is 2.12. The molecule has 1 aliphatic heterocycles. The first-order valence-corrected chi connectivity index (χ1v) is 6.81. The number of rotatable bonds is 6. The van der Waals surface area contributed by atoms with E-state index in [1.54, 1.807) is 12.1 Å². The first-order chi connectivity index (χ1) is 9.69. The predicted molar refractivity (Wildman–Crippen MR) is 77.9 cm³/mol. The second kappa shape index (κ2) is 7.06. The number of ether oxygens (including phenoxy) is 1. The van der Waals surface area contributed by atoms with Gasteiger partial charge in [0.2, 0.25) is 0 Å². The number of morpholine rings is 1. The van der Waals surface area contributed by atoms with Crippen LogP contribution in [-0.2, 0) is 4.74 Å². The average molecular weight is 280 g/mol. The van der Waals surface area contributed by atoms with Crippen molar-refractivity contribution in [3.63, 3.8) is 0 Å².